The van der Waals surface area contributed by atoms with Gasteiger partial charge in [-0.25, -0.2) is 4.79 Å². The maximum atomic E-state index is 12.9. The predicted molar refractivity (Wildman–Crippen MR) is 176 cm³/mol. The van der Waals surface area contributed by atoms with Crippen LogP contribution in [0, 0.1) is 0 Å². The molecule has 0 N–H and O–H groups in total. The van der Waals surface area contributed by atoms with Crippen molar-refractivity contribution in [3.8, 4) is 0 Å². The summed E-state index contributed by atoms with van der Waals surface area (Å²) in [6.07, 6.45) is 1.19. The van der Waals surface area contributed by atoms with Crippen LogP contribution >= 0.6 is 0 Å². The van der Waals surface area contributed by atoms with Crippen molar-refractivity contribution in [3.63, 3.8) is 0 Å². The van der Waals surface area contributed by atoms with Gasteiger partial charge < -0.3 is 22.8 Å². The third-order valence-corrected chi connectivity index (χ3v) is 20.1. The van der Waals surface area contributed by atoms with Gasteiger partial charge in [-0.3, -0.25) is 0 Å². The van der Waals surface area contributed by atoms with Crippen LogP contribution in [0.3, 0.4) is 0 Å². The fourth-order valence-electron chi connectivity index (χ4n) is 7.38. The molecule has 2 heterocycles. The largest absolute Gasteiger partial charge is 0.485 e. The normalized spacial score (nSPS) is 23.5. The van der Waals surface area contributed by atoms with Gasteiger partial charge in [-0.05, 0) is 55.6 Å². The van der Waals surface area contributed by atoms with E-state index in [9.17, 15) is 4.79 Å². The van der Waals surface area contributed by atoms with Gasteiger partial charge in [0.2, 0.25) is 8.32 Å². The second-order valence-electron chi connectivity index (χ2n) is 16.2. The fraction of sp³-hybridized carbons (Fsp3) is 0.735. The highest BCUT2D eigenvalue weighted by Gasteiger charge is 2.64. The third-order valence-electron chi connectivity index (χ3n) is 8.84. The minimum absolute atomic E-state index is 0.158. The highest BCUT2D eigenvalue weighted by molar-refractivity contribution is 6.77. The topological polar surface area (TPSA) is 63.2 Å². The molecule has 0 unspecified atom stereocenters. The first kappa shape index (κ1) is 35.0. The summed E-state index contributed by atoms with van der Waals surface area (Å²) in [4.78, 5) is 12.9. The van der Waals surface area contributed by atoms with Crippen LogP contribution in [-0.4, -0.2) is 53.4 Å². The summed E-state index contributed by atoms with van der Waals surface area (Å²) in [6.45, 7) is 33.4. The number of esters is 1. The average molecular weight is 619 g/mol. The number of rotatable bonds is 7. The van der Waals surface area contributed by atoms with Gasteiger partial charge in [0, 0.05) is 15.6 Å². The number of ether oxygens (including phenoxy) is 2. The Kier molecular flexibility index (Phi) is 10.1. The molecular formula is C34H58O6Si2. The first-order valence-corrected chi connectivity index (χ1v) is 19.7. The molecule has 42 heavy (non-hydrogen) atoms. The molecule has 1 fully saturated rings. The molecule has 3 atom stereocenters. The second kappa shape index (κ2) is 12.1. The molecule has 0 spiro atoms. The zero-order valence-corrected chi connectivity index (χ0v) is 31.0. The van der Waals surface area contributed by atoms with E-state index >= 15 is 0 Å². The van der Waals surface area contributed by atoms with Crippen molar-refractivity contribution >= 4 is 28.6 Å². The van der Waals surface area contributed by atoms with Crippen LogP contribution in [0.25, 0.3) is 5.76 Å². The lowest BCUT2D eigenvalue weighted by Gasteiger charge is -2.57. The molecule has 1 saturated heterocycles. The van der Waals surface area contributed by atoms with E-state index in [0.717, 1.165) is 5.56 Å². The Hall–Kier alpha value is -1.46. The summed E-state index contributed by atoms with van der Waals surface area (Å²) in [6, 6.07) is 7.48. The Labute approximate surface area is 258 Å². The van der Waals surface area contributed by atoms with Crippen LogP contribution in [0.1, 0.15) is 120 Å². The molecule has 2 aliphatic heterocycles. The van der Waals surface area contributed by atoms with Crippen molar-refractivity contribution in [1.29, 1.82) is 0 Å². The van der Waals surface area contributed by atoms with Crippen molar-refractivity contribution in [1.82, 2.24) is 0 Å². The van der Waals surface area contributed by atoms with Crippen molar-refractivity contribution < 1.29 is 27.5 Å². The Balaban J connectivity index is 2.15. The number of fused-ring (bicyclic) bond motifs is 1. The van der Waals surface area contributed by atoms with Gasteiger partial charge >= 0.3 is 14.5 Å². The monoisotopic (exact) mass is 618 g/mol. The fourth-order valence-corrected chi connectivity index (χ4v) is 17.8. The van der Waals surface area contributed by atoms with Gasteiger partial charge in [0.25, 0.3) is 0 Å². The zero-order valence-electron chi connectivity index (χ0n) is 29.0. The van der Waals surface area contributed by atoms with Crippen LogP contribution in [-0.2, 0) is 22.8 Å². The number of carbonyl (C=O) groups excluding carboxylic acids is 1. The van der Waals surface area contributed by atoms with Gasteiger partial charge in [-0.2, -0.15) is 0 Å². The molecule has 0 saturated carbocycles. The molecular weight excluding hydrogens is 561 g/mol. The number of carbonyl (C=O) groups is 1. The lowest BCUT2D eigenvalue weighted by Crippen LogP contribution is -2.68. The third kappa shape index (κ3) is 6.78. The van der Waals surface area contributed by atoms with Crippen LogP contribution < -0.4 is 0 Å². The SMILES string of the molecule is CC(C)[Si](O[C@@H]1C=C(c2cccc(C(=O)OC(C)(C)C)c2)O[C@@H]2CO[Si](C(C)(C)C)(C(C)(C)C)O[C@@H]12)(C(C)C)C(C)C. The smallest absolute Gasteiger partial charge is 0.349 e. The minimum Gasteiger partial charge on any atom is -0.485 e. The van der Waals surface area contributed by atoms with Crippen molar-refractivity contribution in [2.75, 3.05) is 6.61 Å². The van der Waals surface area contributed by atoms with Crippen molar-refractivity contribution in [2.45, 2.75) is 154 Å². The maximum absolute atomic E-state index is 12.9. The maximum Gasteiger partial charge on any atom is 0.349 e. The summed E-state index contributed by atoms with van der Waals surface area (Å²) < 4.78 is 33.9. The molecule has 0 radical (unpaired) electrons. The molecule has 8 heteroatoms. The van der Waals surface area contributed by atoms with Gasteiger partial charge in [-0.1, -0.05) is 95.2 Å². The quantitative estimate of drug-likeness (QED) is 0.224. The van der Waals surface area contributed by atoms with E-state index in [1.807, 2.05) is 39.0 Å². The second-order valence-corrected chi connectivity index (χ2v) is 26.3. The Morgan fingerprint density at radius 2 is 1.45 bits per heavy atom. The van der Waals surface area contributed by atoms with Gasteiger partial charge in [0.05, 0.1) is 18.3 Å². The molecule has 6 nitrogen and oxygen atoms in total. The average Bonchev–Trinajstić information content (AvgIpc) is 2.83. The number of hydrogen-bond donors (Lipinski definition) is 0. The molecule has 238 valence electrons. The number of benzene rings is 1. The standard InChI is InChI=1S/C34H58O6Si2/c1-22(2)41(23(3)4,24(5)6)39-28-20-27(25-17-16-18-26(19-25)31(35)38-32(7,8)9)37-29-21-36-42(33(10,11)12,34(13,14)15)40-30(28)29/h16-20,22-24,28-30H,21H2,1-15H3/t28-,29-,30+/m1/s1. The summed E-state index contributed by atoms with van der Waals surface area (Å²) in [5.74, 6) is 0.339. The molecule has 3 rings (SSSR count). The Morgan fingerprint density at radius 3 is 1.93 bits per heavy atom. The molecule has 0 aromatic heterocycles. The van der Waals surface area contributed by atoms with E-state index in [1.54, 1.807) is 6.07 Å². The van der Waals surface area contributed by atoms with Crippen molar-refractivity contribution in [3.05, 3.63) is 41.5 Å². The Morgan fingerprint density at radius 1 is 0.905 bits per heavy atom. The first-order valence-electron chi connectivity index (χ1n) is 15.8. The van der Waals surface area contributed by atoms with Crippen LogP contribution in [0.5, 0.6) is 0 Å². The summed E-state index contributed by atoms with van der Waals surface area (Å²) >= 11 is 0. The summed E-state index contributed by atoms with van der Waals surface area (Å²) in [7, 11) is -5.07. The summed E-state index contributed by atoms with van der Waals surface area (Å²) in [5, 5.41) is -0.315. The molecule has 1 aromatic rings. The molecule has 2 aliphatic rings. The van der Waals surface area contributed by atoms with E-state index in [2.05, 4.69) is 89.2 Å². The van der Waals surface area contributed by atoms with Crippen LogP contribution in [0.15, 0.2) is 30.3 Å². The zero-order chi connectivity index (χ0) is 32.1. The lowest BCUT2D eigenvalue weighted by molar-refractivity contribution is -0.113. The van der Waals surface area contributed by atoms with E-state index < -0.39 is 22.5 Å². The minimum atomic E-state index is -2.78. The van der Waals surface area contributed by atoms with E-state index in [4.69, 9.17) is 22.8 Å². The van der Waals surface area contributed by atoms with E-state index in [0.29, 0.717) is 34.6 Å². The lowest BCUT2D eigenvalue weighted by atomic mass is 10.0. The highest BCUT2D eigenvalue weighted by Crippen LogP contribution is 2.56. The van der Waals surface area contributed by atoms with Gasteiger partial charge in [0.1, 0.15) is 23.6 Å². The molecule has 0 aliphatic carbocycles. The predicted octanol–water partition coefficient (Wildman–Crippen LogP) is 9.40. The molecule has 1 aromatic carbocycles. The number of hydrogen-bond acceptors (Lipinski definition) is 6. The van der Waals surface area contributed by atoms with E-state index in [1.165, 1.54) is 0 Å². The van der Waals surface area contributed by atoms with Crippen molar-refractivity contribution in [2.24, 2.45) is 0 Å². The van der Waals surface area contributed by atoms with Crippen LogP contribution in [0.2, 0.25) is 26.7 Å². The van der Waals surface area contributed by atoms with Crippen LogP contribution in [0.4, 0.5) is 0 Å². The van der Waals surface area contributed by atoms with Gasteiger partial charge in [-0.15, -0.1) is 0 Å². The van der Waals surface area contributed by atoms with Gasteiger partial charge in [0.15, 0.2) is 0 Å². The summed E-state index contributed by atoms with van der Waals surface area (Å²) in [5.41, 5.74) is 1.97. The molecule has 0 amide bonds. The Bertz CT molecular complexity index is 1100. The first-order chi connectivity index (χ1) is 19.1. The van der Waals surface area contributed by atoms with E-state index in [-0.39, 0.29) is 34.4 Å². The molecule has 0 bridgehead atoms. The highest BCUT2D eigenvalue weighted by atomic mass is 28.4.